The van der Waals surface area contributed by atoms with Crippen LogP contribution in [0, 0.1) is 11.8 Å². The lowest BCUT2D eigenvalue weighted by Gasteiger charge is -2.25. The highest BCUT2D eigenvalue weighted by Gasteiger charge is 2.26. The Labute approximate surface area is 166 Å². The molecule has 0 saturated heterocycles. The highest BCUT2D eigenvalue weighted by atomic mass is 16.7. The van der Waals surface area contributed by atoms with Crippen molar-refractivity contribution < 1.29 is 19.2 Å². The summed E-state index contributed by atoms with van der Waals surface area (Å²) >= 11 is 0. The number of hydroxylamine groups is 1. The van der Waals surface area contributed by atoms with E-state index in [0.717, 1.165) is 18.7 Å². The number of nitrogens with zero attached hydrogens (tertiary/aromatic N) is 2. The van der Waals surface area contributed by atoms with Crippen LogP contribution in [-0.4, -0.2) is 40.5 Å². The molecule has 8 nitrogen and oxygen atoms in total. The Balaban J connectivity index is 1.49. The zero-order chi connectivity index (χ0) is 20.1. The summed E-state index contributed by atoms with van der Waals surface area (Å²) < 4.78 is 7.15. The van der Waals surface area contributed by atoms with E-state index in [0.29, 0.717) is 31.1 Å². The number of alkyl carbamates (subject to hydrolysis) is 1. The van der Waals surface area contributed by atoms with E-state index in [1.54, 1.807) is 6.20 Å². The summed E-state index contributed by atoms with van der Waals surface area (Å²) in [7, 11) is 0. The minimum Gasteiger partial charge on any atom is -0.444 e. The molecular weight excluding hydrogens is 360 g/mol. The van der Waals surface area contributed by atoms with Gasteiger partial charge >= 0.3 is 6.09 Å². The molecule has 1 unspecified atom stereocenters. The Bertz CT molecular complexity index is 689. The third-order valence-corrected chi connectivity index (χ3v) is 5.32. The van der Waals surface area contributed by atoms with Crippen molar-refractivity contribution in [2.45, 2.75) is 71.4 Å². The van der Waals surface area contributed by atoms with Gasteiger partial charge in [-0.15, -0.1) is 0 Å². The summed E-state index contributed by atoms with van der Waals surface area (Å²) in [4.78, 5) is 29.8. The molecule has 1 fully saturated rings. The first-order valence-electron chi connectivity index (χ1n) is 10.3. The van der Waals surface area contributed by atoms with Crippen molar-refractivity contribution in [1.82, 2.24) is 20.6 Å². The van der Waals surface area contributed by atoms with Crippen molar-refractivity contribution in [3.63, 3.8) is 0 Å². The Morgan fingerprint density at radius 1 is 1.21 bits per heavy atom. The molecule has 8 heteroatoms. The van der Waals surface area contributed by atoms with Gasteiger partial charge in [-0.2, -0.15) is 5.10 Å². The van der Waals surface area contributed by atoms with Gasteiger partial charge in [0.15, 0.2) is 0 Å². The molecule has 3 rings (SSSR count). The lowest BCUT2D eigenvalue weighted by Crippen LogP contribution is -2.37. The molecule has 1 aromatic rings. The molecule has 0 spiro atoms. The lowest BCUT2D eigenvalue weighted by molar-refractivity contribution is 0.0170. The normalized spacial score (nSPS) is 19.9. The first-order valence-corrected chi connectivity index (χ1v) is 10.3. The number of aromatic nitrogens is 2. The number of carbonyl (C=O) groups is 2. The minimum absolute atomic E-state index is 0.239. The molecule has 1 aliphatic heterocycles. The van der Waals surface area contributed by atoms with Gasteiger partial charge in [-0.25, -0.2) is 10.3 Å². The molecule has 1 saturated carbocycles. The van der Waals surface area contributed by atoms with Gasteiger partial charge in [0.25, 0.3) is 5.91 Å². The van der Waals surface area contributed by atoms with Crippen LogP contribution >= 0.6 is 0 Å². The summed E-state index contributed by atoms with van der Waals surface area (Å²) in [6.07, 6.45) is 7.61. The van der Waals surface area contributed by atoms with Crippen molar-refractivity contribution in [2.75, 3.05) is 13.2 Å². The first kappa shape index (κ1) is 20.6. The lowest BCUT2D eigenvalue weighted by atomic mass is 9.94. The van der Waals surface area contributed by atoms with E-state index in [1.165, 1.54) is 25.7 Å². The summed E-state index contributed by atoms with van der Waals surface area (Å²) in [6.45, 7) is 7.32. The second kappa shape index (κ2) is 8.94. The van der Waals surface area contributed by atoms with Crippen molar-refractivity contribution in [1.29, 1.82) is 0 Å². The predicted octanol–water partition coefficient (Wildman–Crippen LogP) is 2.82. The van der Waals surface area contributed by atoms with Crippen LogP contribution in [0.2, 0.25) is 0 Å². The van der Waals surface area contributed by atoms with Gasteiger partial charge in [-0.05, 0) is 58.3 Å². The summed E-state index contributed by atoms with van der Waals surface area (Å²) in [5, 5.41) is 7.16. The highest BCUT2D eigenvalue weighted by Crippen LogP contribution is 2.25. The van der Waals surface area contributed by atoms with E-state index in [9.17, 15) is 9.59 Å². The van der Waals surface area contributed by atoms with Gasteiger partial charge in [0.05, 0.1) is 24.1 Å². The van der Waals surface area contributed by atoms with E-state index in [2.05, 4.69) is 15.9 Å². The average Bonchev–Trinajstić information content (AvgIpc) is 3.27. The van der Waals surface area contributed by atoms with Crippen LogP contribution in [0.1, 0.15) is 68.9 Å². The summed E-state index contributed by atoms with van der Waals surface area (Å²) in [5.74, 6) is 0.535. The Morgan fingerprint density at radius 2 is 1.96 bits per heavy atom. The van der Waals surface area contributed by atoms with Crippen LogP contribution in [0.4, 0.5) is 4.79 Å². The fourth-order valence-electron chi connectivity index (χ4n) is 3.86. The molecule has 1 aliphatic carbocycles. The molecule has 1 aromatic heterocycles. The number of nitrogens with one attached hydrogen (secondary N) is 2. The Morgan fingerprint density at radius 3 is 2.68 bits per heavy atom. The molecule has 1 atom stereocenters. The maximum Gasteiger partial charge on any atom is 0.407 e. The highest BCUT2D eigenvalue weighted by molar-refractivity contribution is 5.94. The van der Waals surface area contributed by atoms with E-state index in [1.807, 2.05) is 25.5 Å². The van der Waals surface area contributed by atoms with Crippen molar-refractivity contribution in [3.05, 3.63) is 17.5 Å². The van der Waals surface area contributed by atoms with E-state index < -0.39 is 11.7 Å². The van der Waals surface area contributed by atoms with Crippen molar-refractivity contribution in [2.24, 2.45) is 11.8 Å². The van der Waals surface area contributed by atoms with Gasteiger partial charge in [-0.3, -0.25) is 14.3 Å². The second-order valence-corrected chi connectivity index (χ2v) is 8.86. The SMILES string of the molecule is CC(C)(C)OC(=O)NCC1CCn2ncc(C(=O)NOCC3CCCC3)c2C1. The number of hydrogen-bond acceptors (Lipinski definition) is 5. The first-order chi connectivity index (χ1) is 13.3. The fourth-order valence-corrected chi connectivity index (χ4v) is 3.86. The van der Waals surface area contributed by atoms with Gasteiger partial charge < -0.3 is 10.1 Å². The topological polar surface area (TPSA) is 94.5 Å². The standard InChI is InChI=1S/C20H32N4O4/c1-20(2,3)28-19(26)21-11-15-8-9-24-17(10-15)16(12-22-24)18(25)23-27-13-14-6-4-5-7-14/h12,14-15H,4-11,13H2,1-3H3,(H,21,26)(H,23,25). The Hall–Kier alpha value is -2.09. The molecule has 28 heavy (non-hydrogen) atoms. The van der Waals surface area contributed by atoms with Gasteiger partial charge in [0.2, 0.25) is 0 Å². The summed E-state index contributed by atoms with van der Waals surface area (Å²) in [6, 6.07) is 0. The number of carbonyl (C=O) groups excluding carboxylic acids is 2. The molecule has 156 valence electrons. The number of ether oxygens (including phenoxy) is 1. The largest absolute Gasteiger partial charge is 0.444 e. The van der Waals surface area contributed by atoms with Crippen LogP contribution in [0.15, 0.2) is 6.20 Å². The number of aryl methyl sites for hydroxylation is 1. The number of hydrogen-bond donors (Lipinski definition) is 2. The quantitative estimate of drug-likeness (QED) is 0.726. The third kappa shape index (κ3) is 5.70. The minimum atomic E-state index is -0.515. The van der Waals surface area contributed by atoms with Gasteiger partial charge in [0, 0.05) is 13.1 Å². The molecule has 2 amide bonds. The summed E-state index contributed by atoms with van der Waals surface area (Å²) in [5.41, 5.74) is 3.50. The van der Waals surface area contributed by atoms with E-state index in [-0.39, 0.29) is 11.8 Å². The number of amides is 2. The number of rotatable bonds is 6. The predicted molar refractivity (Wildman–Crippen MR) is 104 cm³/mol. The smallest absolute Gasteiger partial charge is 0.407 e. The van der Waals surface area contributed by atoms with Gasteiger partial charge in [-0.1, -0.05) is 12.8 Å². The van der Waals surface area contributed by atoms with Crippen LogP contribution in [0.5, 0.6) is 0 Å². The van der Waals surface area contributed by atoms with Crippen molar-refractivity contribution >= 4 is 12.0 Å². The molecule has 0 radical (unpaired) electrons. The third-order valence-electron chi connectivity index (χ3n) is 5.32. The molecule has 0 aromatic carbocycles. The number of fused-ring (bicyclic) bond motifs is 1. The van der Waals surface area contributed by atoms with Gasteiger partial charge in [0.1, 0.15) is 5.60 Å². The second-order valence-electron chi connectivity index (χ2n) is 8.86. The molecule has 2 aliphatic rings. The van der Waals surface area contributed by atoms with Crippen LogP contribution in [0.3, 0.4) is 0 Å². The molecule has 0 bridgehead atoms. The van der Waals surface area contributed by atoms with Crippen molar-refractivity contribution in [3.8, 4) is 0 Å². The average molecular weight is 393 g/mol. The maximum absolute atomic E-state index is 12.5. The van der Waals surface area contributed by atoms with E-state index >= 15 is 0 Å². The molecular formula is C20H32N4O4. The van der Waals surface area contributed by atoms with Crippen LogP contribution in [0.25, 0.3) is 0 Å². The maximum atomic E-state index is 12.5. The molecule has 2 heterocycles. The van der Waals surface area contributed by atoms with Crippen LogP contribution < -0.4 is 10.8 Å². The zero-order valence-electron chi connectivity index (χ0n) is 17.1. The fraction of sp³-hybridized carbons (Fsp3) is 0.750. The van der Waals surface area contributed by atoms with Crippen LogP contribution in [-0.2, 0) is 22.5 Å². The Kier molecular flexibility index (Phi) is 6.59. The molecule has 2 N–H and O–H groups in total. The zero-order valence-corrected chi connectivity index (χ0v) is 17.1. The monoisotopic (exact) mass is 392 g/mol. The van der Waals surface area contributed by atoms with E-state index in [4.69, 9.17) is 9.57 Å².